The number of fused-ring (bicyclic) bond motifs is 1. The van der Waals surface area contributed by atoms with Crippen molar-refractivity contribution in [2.45, 2.75) is 32.5 Å². The van der Waals surface area contributed by atoms with Gasteiger partial charge in [0.15, 0.2) is 11.5 Å². The van der Waals surface area contributed by atoms with E-state index in [4.69, 9.17) is 4.74 Å². The molecule has 8 nitrogen and oxygen atoms in total. The third kappa shape index (κ3) is 4.68. The summed E-state index contributed by atoms with van der Waals surface area (Å²) in [5.74, 6) is -0.813. The van der Waals surface area contributed by atoms with Gasteiger partial charge in [-0.1, -0.05) is 30.3 Å². The van der Waals surface area contributed by atoms with Crippen LogP contribution in [0.1, 0.15) is 41.0 Å². The molecule has 0 aliphatic carbocycles. The largest absolute Gasteiger partial charge is 0.453 e. The third-order valence-corrected chi connectivity index (χ3v) is 5.63. The number of carbonyl (C=O) groups is 3. The molecule has 2 N–H and O–H groups in total. The summed E-state index contributed by atoms with van der Waals surface area (Å²) in [6.45, 7) is 2.45. The maximum Gasteiger partial charge on any atom is 0.410 e. The van der Waals surface area contributed by atoms with Gasteiger partial charge in [0.05, 0.1) is 25.9 Å². The van der Waals surface area contributed by atoms with Crippen LogP contribution in [0.3, 0.4) is 0 Å². The number of halogens is 1. The minimum Gasteiger partial charge on any atom is -0.453 e. The van der Waals surface area contributed by atoms with Crippen molar-refractivity contribution in [3.05, 3.63) is 71.0 Å². The predicted octanol–water partition coefficient (Wildman–Crippen LogP) is 4.12. The molecule has 0 radical (unpaired) electrons. The van der Waals surface area contributed by atoms with E-state index in [0.29, 0.717) is 28.9 Å². The first-order chi connectivity index (χ1) is 16.2. The smallest absolute Gasteiger partial charge is 0.410 e. The van der Waals surface area contributed by atoms with E-state index in [1.807, 2.05) is 30.3 Å². The molecule has 34 heavy (non-hydrogen) atoms. The molecule has 3 heterocycles. The van der Waals surface area contributed by atoms with Gasteiger partial charge in [0.25, 0.3) is 5.91 Å². The van der Waals surface area contributed by atoms with Gasteiger partial charge in [0, 0.05) is 29.4 Å². The number of ketones is 1. The monoisotopic (exact) mass is 464 g/mol. The van der Waals surface area contributed by atoms with Crippen LogP contribution in [0.25, 0.3) is 11.3 Å². The quantitative estimate of drug-likeness (QED) is 0.591. The highest BCUT2D eigenvalue weighted by atomic mass is 19.1. The molecule has 4 rings (SSSR count). The molecule has 3 aromatic rings. The molecule has 0 saturated carbocycles. The number of hydrogen-bond acceptors (Lipinski definition) is 5. The lowest BCUT2D eigenvalue weighted by Crippen LogP contribution is -2.39. The molecule has 0 bridgehead atoms. The highest BCUT2D eigenvalue weighted by Gasteiger charge is 2.33. The minimum atomic E-state index is -2.06. The molecule has 2 aromatic heterocycles. The van der Waals surface area contributed by atoms with Crippen molar-refractivity contribution in [2.24, 2.45) is 0 Å². The summed E-state index contributed by atoms with van der Waals surface area (Å²) < 4.78 is 18.8. The number of Topliss-reactive ketones (excluding diaryl/α,β-unsaturated/α-hetero) is 1. The lowest BCUT2D eigenvalue weighted by atomic mass is 9.93. The van der Waals surface area contributed by atoms with Gasteiger partial charge in [-0.3, -0.25) is 14.5 Å². The number of aromatic nitrogens is 2. The third-order valence-electron chi connectivity index (χ3n) is 5.63. The van der Waals surface area contributed by atoms with Gasteiger partial charge in [0.1, 0.15) is 5.82 Å². The normalized spacial score (nSPS) is 13.4. The summed E-state index contributed by atoms with van der Waals surface area (Å²) in [6.07, 6.45) is 1.40. The minimum absolute atomic E-state index is 0.0814. The first-order valence-corrected chi connectivity index (χ1v) is 10.8. The molecule has 9 heteroatoms. The Morgan fingerprint density at radius 1 is 1.21 bits per heavy atom. The molecule has 1 aliphatic heterocycles. The van der Waals surface area contributed by atoms with Crippen molar-refractivity contribution in [3.63, 3.8) is 0 Å². The Kier molecular flexibility index (Phi) is 6.19. The van der Waals surface area contributed by atoms with E-state index < -0.39 is 17.7 Å². The van der Waals surface area contributed by atoms with Crippen LogP contribution in [0.5, 0.6) is 0 Å². The zero-order valence-corrected chi connectivity index (χ0v) is 19.1. The number of benzene rings is 1. The van der Waals surface area contributed by atoms with Crippen LogP contribution in [0.4, 0.5) is 15.0 Å². The number of nitrogens with zero attached hydrogens (tertiary/aromatic N) is 2. The molecular weight excluding hydrogens is 439 g/mol. The first kappa shape index (κ1) is 23.2. The number of rotatable bonds is 5. The van der Waals surface area contributed by atoms with Gasteiger partial charge < -0.3 is 15.0 Å². The van der Waals surface area contributed by atoms with Gasteiger partial charge >= 0.3 is 6.09 Å². The SMILES string of the molecule is COC(=O)N1CC(=O)c2c([nH]c(-c3ccnc(NC(=O)C(C)(C)F)c3)c2Cc2ccccc2)C1. The Morgan fingerprint density at radius 2 is 1.94 bits per heavy atom. The van der Waals surface area contributed by atoms with E-state index in [-0.39, 0.29) is 24.7 Å². The van der Waals surface area contributed by atoms with Gasteiger partial charge in [-0.2, -0.15) is 0 Å². The second-order valence-electron chi connectivity index (χ2n) is 8.60. The van der Waals surface area contributed by atoms with Crippen LogP contribution < -0.4 is 5.32 Å². The van der Waals surface area contributed by atoms with E-state index in [1.54, 1.807) is 12.1 Å². The van der Waals surface area contributed by atoms with Crippen LogP contribution in [0.15, 0.2) is 48.7 Å². The number of alkyl halides is 1. The average Bonchev–Trinajstić information content (AvgIpc) is 3.17. The number of carbonyl (C=O) groups excluding carboxylic acids is 3. The summed E-state index contributed by atoms with van der Waals surface area (Å²) in [5.41, 5.74) is 2.22. The van der Waals surface area contributed by atoms with Crippen LogP contribution >= 0.6 is 0 Å². The van der Waals surface area contributed by atoms with Crippen molar-refractivity contribution in [3.8, 4) is 11.3 Å². The van der Waals surface area contributed by atoms with E-state index in [2.05, 4.69) is 15.3 Å². The summed E-state index contributed by atoms with van der Waals surface area (Å²) in [5, 5.41) is 2.49. The van der Waals surface area contributed by atoms with Gasteiger partial charge in [-0.25, -0.2) is 14.2 Å². The first-order valence-electron chi connectivity index (χ1n) is 10.8. The number of ether oxygens (including phenoxy) is 1. The van der Waals surface area contributed by atoms with Gasteiger partial charge in [-0.05, 0) is 37.1 Å². The molecule has 0 fully saturated rings. The number of pyridine rings is 1. The Bertz CT molecular complexity index is 1250. The maximum atomic E-state index is 14.0. The van der Waals surface area contributed by atoms with Crippen molar-refractivity contribution in [1.29, 1.82) is 0 Å². The molecule has 0 saturated heterocycles. The molecule has 0 spiro atoms. The summed E-state index contributed by atoms with van der Waals surface area (Å²) in [6, 6.07) is 13.1. The maximum absolute atomic E-state index is 14.0. The lowest BCUT2D eigenvalue weighted by Gasteiger charge is -2.25. The number of aromatic amines is 1. The number of H-pyrrole nitrogens is 1. The Labute approximate surface area is 196 Å². The standard InChI is InChI=1S/C25H25FN4O4/c1-25(2,26)23(32)29-20-12-16(9-10-27-20)22-17(11-15-7-5-4-6-8-15)21-18(28-22)13-30(14-19(21)31)24(33)34-3/h4-10,12,28H,11,13-14H2,1-3H3,(H,27,29,32). The molecule has 176 valence electrons. The van der Waals surface area contributed by atoms with Gasteiger partial charge in [-0.15, -0.1) is 0 Å². The molecule has 1 aliphatic rings. The summed E-state index contributed by atoms with van der Waals surface area (Å²) >= 11 is 0. The molecule has 1 aromatic carbocycles. The Balaban J connectivity index is 1.78. The Hall–Kier alpha value is -4.01. The lowest BCUT2D eigenvalue weighted by molar-refractivity contribution is -0.125. The fourth-order valence-corrected chi connectivity index (χ4v) is 3.95. The zero-order valence-electron chi connectivity index (χ0n) is 19.1. The van der Waals surface area contributed by atoms with Crippen LogP contribution in [0.2, 0.25) is 0 Å². The van der Waals surface area contributed by atoms with E-state index in [1.165, 1.54) is 32.1 Å². The van der Waals surface area contributed by atoms with E-state index in [9.17, 15) is 18.8 Å². The molecule has 0 unspecified atom stereocenters. The fourth-order valence-electron chi connectivity index (χ4n) is 3.95. The fraction of sp³-hybridized carbons (Fsp3) is 0.280. The molecule has 0 atom stereocenters. The number of anilines is 1. The number of amides is 2. The van der Waals surface area contributed by atoms with Crippen molar-refractivity contribution >= 4 is 23.6 Å². The summed E-state index contributed by atoms with van der Waals surface area (Å²) in [4.78, 5) is 46.0. The van der Waals surface area contributed by atoms with Crippen LogP contribution in [-0.4, -0.2) is 52.0 Å². The van der Waals surface area contributed by atoms with Crippen molar-refractivity contribution in [1.82, 2.24) is 14.9 Å². The van der Waals surface area contributed by atoms with E-state index in [0.717, 1.165) is 11.1 Å². The van der Waals surface area contributed by atoms with Crippen molar-refractivity contribution < 1.29 is 23.5 Å². The highest BCUT2D eigenvalue weighted by Crippen LogP contribution is 2.34. The highest BCUT2D eigenvalue weighted by molar-refractivity contribution is 6.04. The number of nitrogens with one attached hydrogen (secondary N) is 2. The predicted molar refractivity (Wildman–Crippen MR) is 124 cm³/mol. The molecule has 2 amide bonds. The zero-order chi connectivity index (χ0) is 24.5. The second kappa shape index (κ2) is 9.09. The number of methoxy groups -OCH3 is 1. The van der Waals surface area contributed by atoms with Crippen molar-refractivity contribution in [2.75, 3.05) is 19.0 Å². The number of hydrogen-bond donors (Lipinski definition) is 2. The topological polar surface area (TPSA) is 104 Å². The van der Waals surface area contributed by atoms with E-state index >= 15 is 0 Å². The Morgan fingerprint density at radius 3 is 2.62 bits per heavy atom. The van der Waals surface area contributed by atoms with Crippen LogP contribution in [0, 0.1) is 0 Å². The summed E-state index contributed by atoms with van der Waals surface area (Å²) in [7, 11) is 1.27. The average molecular weight is 464 g/mol. The molecular formula is C25H25FN4O4. The van der Waals surface area contributed by atoms with Gasteiger partial charge in [0.2, 0.25) is 0 Å². The van der Waals surface area contributed by atoms with Crippen LogP contribution in [-0.2, 0) is 22.5 Å². The second-order valence-corrected chi connectivity index (χ2v) is 8.60.